The van der Waals surface area contributed by atoms with Crippen molar-refractivity contribution in [2.24, 2.45) is 11.8 Å². The van der Waals surface area contributed by atoms with Gasteiger partial charge >= 0.3 is 5.97 Å². The number of amides is 1. The lowest BCUT2D eigenvalue weighted by Crippen LogP contribution is -2.43. The summed E-state index contributed by atoms with van der Waals surface area (Å²) in [5, 5.41) is 10.2. The Kier molecular flexibility index (Phi) is 5.87. The number of carbonyl (C=O) groups excluding carboxylic acids is 1. The predicted molar refractivity (Wildman–Crippen MR) is 95.0 cm³/mol. The molecule has 1 unspecified atom stereocenters. The molecule has 0 bridgehead atoms. The first-order chi connectivity index (χ1) is 12.0. The van der Waals surface area contributed by atoms with Crippen LogP contribution in [0, 0.1) is 11.8 Å². The molecule has 7 heteroatoms. The van der Waals surface area contributed by atoms with E-state index in [1.54, 1.807) is 12.1 Å². The van der Waals surface area contributed by atoms with Crippen LogP contribution in [0.25, 0.3) is 0 Å². The molecule has 1 aromatic carbocycles. The Hall–Kier alpha value is -1.30. The normalized spacial score (nSPS) is 24.5. The van der Waals surface area contributed by atoms with Crippen LogP contribution in [0.3, 0.4) is 0 Å². The number of carboxylic acid groups (broad SMARTS) is 1. The van der Waals surface area contributed by atoms with E-state index in [4.69, 9.17) is 27.9 Å². The van der Waals surface area contributed by atoms with E-state index < -0.39 is 11.9 Å². The van der Waals surface area contributed by atoms with Crippen LogP contribution in [0.15, 0.2) is 18.2 Å². The molecule has 2 atom stereocenters. The number of ether oxygens (including phenoxy) is 1. The van der Waals surface area contributed by atoms with Crippen molar-refractivity contribution in [1.29, 1.82) is 0 Å². The smallest absolute Gasteiger partial charge is 0.309 e. The third-order valence-electron chi connectivity index (χ3n) is 5.15. The van der Waals surface area contributed by atoms with Crippen LogP contribution >= 0.6 is 23.2 Å². The number of benzene rings is 1. The van der Waals surface area contributed by atoms with Gasteiger partial charge in [0.2, 0.25) is 5.91 Å². The SMILES string of the molecule is O=C(O)C1CCO[C@H]1C1CCN(C(=O)Cc2ccc(Cl)c(Cl)c2)CC1. The van der Waals surface area contributed by atoms with Crippen molar-refractivity contribution < 1.29 is 19.4 Å². The monoisotopic (exact) mass is 385 g/mol. The Bertz CT molecular complexity index is 658. The van der Waals surface area contributed by atoms with E-state index in [0.29, 0.717) is 42.6 Å². The molecular weight excluding hydrogens is 365 g/mol. The fourth-order valence-corrected chi connectivity index (χ4v) is 4.07. The summed E-state index contributed by atoms with van der Waals surface area (Å²) in [5.41, 5.74) is 0.839. The number of likely N-dealkylation sites (tertiary alicyclic amines) is 1. The lowest BCUT2D eigenvalue weighted by Gasteiger charge is -2.35. The number of rotatable bonds is 4. The van der Waals surface area contributed by atoms with Crippen LogP contribution in [0.5, 0.6) is 0 Å². The van der Waals surface area contributed by atoms with Gasteiger partial charge in [0.1, 0.15) is 0 Å². The van der Waals surface area contributed by atoms with Gasteiger partial charge in [-0.2, -0.15) is 0 Å². The Balaban J connectivity index is 1.54. The fourth-order valence-electron chi connectivity index (χ4n) is 3.75. The Morgan fingerprint density at radius 3 is 2.52 bits per heavy atom. The first-order valence-corrected chi connectivity index (χ1v) is 9.27. The number of hydrogen-bond acceptors (Lipinski definition) is 3. The van der Waals surface area contributed by atoms with Crippen LogP contribution in [0.1, 0.15) is 24.8 Å². The summed E-state index contributed by atoms with van der Waals surface area (Å²) in [6, 6.07) is 5.23. The molecule has 3 rings (SSSR count). The van der Waals surface area contributed by atoms with Gasteiger partial charge in [0, 0.05) is 19.7 Å². The van der Waals surface area contributed by atoms with Crippen molar-refractivity contribution in [2.45, 2.75) is 31.8 Å². The summed E-state index contributed by atoms with van der Waals surface area (Å²) < 4.78 is 5.67. The zero-order valence-electron chi connectivity index (χ0n) is 13.8. The topological polar surface area (TPSA) is 66.8 Å². The van der Waals surface area contributed by atoms with Gasteiger partial charge in [-0.25, -0.2) is 0 Å². The Morgan fingerprint density at radius 1 is 1.16 bits per heavy atom. The van der Waals surface area contributed by atoms with Gasteiger partial charge in [-0.15, -0.1) is 0 Å². The molecular formula is C18H21Cl2NO4. The summed E-state index contributed by atoms with van der Waals surface area (Å²) in [7, 11) is 0. The average Bonchev–Trinajstić information content (AvgIpc) is 3.08. The molecule has 0 spiro atoms. The van der Waals surface area contributed by atoms with Gasteiger partial charge in [0.05, 0.1) is 28.5 Å². The van der Waals surface area contributed by atoms with Gasteiger partial charge in [0.25, 0.3) is 0 Å². The van der Waals surface area contributed by atoms with Crippen molar-refractivity contribution in [2.75, 3.05) is 19.7 Å². The summed E-state index contributed by atoms with van der Waals surface area (Å²) >= 11 is 11.9. The van der Waals surface area contributed by atoms with Crippen molar-refractivity contribution >= 4 is 35.1 Å². The number of nitrogens with zero attached hydrogens (tertiary/aromatic N) is 1. The molecule has 0 aliphatic carbocycles. The molecule has 0 radical (unpaired) electrons. The summed E-state index contributed by atoms with van der Waals surface area (Å²) in [6.45, 7) is 1.78. The lowest BCUT2D eigenvalue weighted by molar-refractivity contribution is -0.145. The number of carboxylic acids is 1. The minimum Gasteiger partial charge on any atom is -0.481 e. The van der Waals surface area contributed by atoms with Crippen molar-refractivity contribution in [3.8, 4) is 0 Å². The van der Waals surface area contributed by atoms with E-state index in [1.807, 2.05) is 11.0 Å². The van der Waals surface area contributed by atoms with E-state index in [1.165, 1.54) is 0 Å². The standard InChI is InChI=1S/C18H21Cl2NO4/c19-14-2-1-11(9-15(14)20)10-16(22)21-6-3-12(4-7-21)17-13(18(23)24)5-8-25-17/h1-2,9,12-13,17H,3-8,10H2,(H,23,24)/t13?,17-/m0/s1. The number of hydrogen-bond donors (Lipinski definition) is 1. The minimum absolute atomic E-state index is 0.0546. The van der Waals surface area contributed by atoms with Crippen LogP contribution in [-0.4, -0.2) is 47.7 Å². The van der Waals surface area contributed by atoms with Crippen LogP contribution in [0.4, 0.5) is 0 Å². The maximum Gasteiger partial charge on any atom is 0.309 e. The largest absolute Gasteiger partial charge is 0.481 e. The minimum atomic E-state index is -0.777. The predicted octanol–water partition coefficient (Wildman–Crippen LogP) is 3.26. The van der Waals surface area contributed by atoms with Crippen molar-refractivity contribution in [1.82, 2.24) is 4.90 Å². The highest BCUT2D eigenvalue weighted by molar-refractivity contribution is 6.42. The summed E-state index contributed by atoms with van der Waals surface area (Å²) in [6.07, 6.45) is 2.21. The second-order valence-corrected chi connectivity index (χ2v) is 7.53. The third-order valence-corrected chi connectivity index (χ3v) is 5.89. The van der Waals surface area contributed by atoms with E-state index >= 15 is 0 Å². The van der Waals surface area contributed by atoms with Gasteiger partial charge in [-0.05, 0) is 42.9 Å². The average molecular weight is 386 g/mol. The van der Waals surface area contributed by atoms with E-state index in [0.717, 1.165) is 18.4 Å². The van der Waals surface area contributed by atoms with Crippen LogP contribution in [-0.2, 0) is 20.7 Å². The number of aliphatic carboxylic acids is 1. The molecule has 2 aliphatic heterocycles. The number of halogens is 2. The molecule has 1 amide bonds. The fraction of sp³-hybridized carbons (Fsp3) is 0.556. The summed E-state index contributed by atoms with van der Waals surface area (Å²) in [4.78, 5) is 25.6. The zero-order valence-corrected chi connectivity index (χ0v) is 15.3. The molecule has 2 fully saturated rings. The maximum absolute atomic E-state index is 12.5. The highest BCUT2D eigenvalue weighted by Crippen LogP contribution is 2.33. The van der Waals surface area contributed by atoms with E-state index in [-0.39, 0.29) is 17.9 Å². The van der Waals surface area contributed by atoms with Gasteiger partial charge in [-0.1, -0.05) is 29.3 Å². The van der Waals surface area contributed by atoms with Gasteiger partial charge in [-0.3, -0.25) is 9.59 Å². The van der Waals surface area contributed by atoms with Crippen LogP contribution < -0.4 is 0 Å². The van der Waals surface area contributed by atoms with Gasteiger partial charge in [0.15, 0.2) is 0 Å². The molecule has 1 aromatic rings. The number of piperidine rings is 1. The Labute approximate surface area is 156 Å². The molecule has 0 aromatic heterocycles. The second kappa shape index (κ2) is 7.94. The van der Waals surface area contributed by atoms with Crippen LogP contribution in [0.2, 0.25) is 10.0 Å². The van der Waals surface area contributed by atoms with Crippen molar-refractivity contribution in [3.05, 3.63) is 33.8 Å². The van der Waals surface area contributed by atoms with Gasteiger partial charge < -0.3 is 14.7 Å². The first-order valence-electron chi connectivity index (χ1n) is 8.52. The molecule has 2 saturated heterocycles. The molecule has 0 saturated carbocycles. The van der Waals surface area contributed by atoms with Crippen molar-refractivity contribution in [3.63, 3.8) is 0 Å². The third kappa shape index (κ3) is 4.27. The molecule has 2 heterocycles. The highest BCUT2D eigenvalue weighted by atomic mass is 35.5. The highest BCUT2D eigenvalue weighted by Gasteiger charge is 2.40. The second-order valence-electron chi connectivity index (χ2n) is 6.71. The molecule has 25 heavy (non-hydrogen) atoms. The van der Waals surface area contributed by atoms with E-state index in [2.05, 4.69) is 0 Å². The Morgan fingerprint density at radius 2 is 1.88 bits per heavy atom. The molecule has 5 nitrogen and oxygen atoms in total. The maximum atomic E-state index is 12.5. The first kappa shape index (κ1) is 18.5. The molecule has 136 valence electrons. The lowest BCUT2D eigenvalue weighted by atomic mass is 9.84. The molecule has 2 aliphatic rings. The molecule has 1 N–H and O–H groups in total. The number of carbonyl (C=O) groups is 2. The summed E-state index contributed by atoms with van der Waals surface area (Å²) in [5.74, 6) is -0.930. The van der Waals surface area contributed by atoms with E-state index in [9.17, 15) is 14.7 Å². The quantitative estimate of drug-likeness (QED) is 0.863. The zero-order chi connectivity index (χ0) is 18.0.